The quantitative estimate of drug-likeness (QED) is 0.162. The van der Waals surface area contributed by atoms with Crippen molar-refractivity contribution in [1.82, 2.24) is 20.2 Å². The van der Waals surface area contributed by atoms with E-state index in [1.165, 1.54) is 29.2 Å². The summed E-state index contributed by atoms with van der Waals surface area (Å²) < 4.78 is 0. The third kappa shape index (κ3) is 7.60. The second-order valence-corrected chi connectivity index (χ2v) is 13.6. The first-order valence-electron chi connectivity index (χ1n) is 15.0. The van der Waals surface area contributed by atoms with Crippen LogP contribution in [-0.4, -0.2) is 56.9 Å². The summed E-state index contributed by atoms with van der Waals surface area (Å²) in [5, 5.41) is 20.8. The molecule has 16 heteroatoms. The molecule has 2 aromatic carbocycles. The molecule has 2 aliphatic rings. The molecule has 2 aliphatic heterocycles. The van der Waals surface area contributed by atoms with Crippen molar-refractivity contribution in [2.75, 3.05) is 16.8 Å². The molecule has 2 saturated heterocycles. The summed E-state index contributed by atoms with van der Waals surface area (Å²) in [5.74, 6) is -0.798. The number of carbonyl (C=O) groups is 4. The molecule has 2 atom stereocenters. The molecule has 51 heavy (non-hydrogen) atoms. The predicted octanol–water partition coefficient (Wildman–Crippen LogP) is 6.98. The lowest BCUT2D eigenvalue weighted by Crippen LogP contribution is -2.47. The van der Waals surface area contributed by atoms with Crippen molar-refractivity contribution in [2.24, 2.45) is 0 Å². The lowest BCUT2D eigenvalue weighted by molar-refractivity contribution is -0.123. The van der Waals surface area contributed by atoms with Gasteiger partial charge in [0, 0.05) is 19.9 Å². The van der Waals surface area contributed by atoms with E-state index in [1.54, 1.807) is 69.4 Å². The largest absolute Gasteiger partial charge is 0.332 e. The average Bonchev–Trinajstić information content (AvgIpc) is 3.39. The van der Waals surface area contributed by atoms with Crippen LogP contribution < -0.4 is 15.1 Å². The Labute approximate surface area is 312 Å². The lowest BCUT2D eigenvalue weighted by Gasteiger charge is -2.28. The summed E-state index contributed by atoms with van der Waals surface area (Å²) in [6.45, 7) is 3.35. The molecule has 6 amide bonds. The Kier molecular flexibility index (Phi) is 10.6. The van der Waals surface area contributed by atoms with Gasteiger partial charge in [0.25, 0.3) is 11.8 Å². The van der Waals surface area contributed by atoms with E-state index >= 15 is 0 Å². The molecule has 12 nitrogen and oxygen atoms in total. The first-order chi connectivity index (χ1) is 24.1. The van der Waals surface area contributed by atoms with E-state index in [0.717, 1.165) is 20.9 Å². The first-order valence-corrected chi connectivity index (χ1v) is 16.5. The standard InChI is InChI=1S/C18H14Cl2N4O2.C17H12Cl2N4O2/c1-18(9-11-3-5-12(10-21)6-4-11)16(25)24(17(26)23(18)2)13-7-14(19)22-15(20)8-13;1-17(8-10-2-4-11(9-20)5-3-10)15(24)23(16(25)22-17)12-6-13(18)21-14(19)7-12/h3-8H,9H2,1-2H3;2-7H,8H2,1H3,(H,22,25)/t18-;17-/m11/s1. The number of carbonyl (C=O) groups excluding carboxylic acids is 4. The number of hydrogen-bond donors (Lipinski definition) is 1. The fourth-order valence-corrected chi connectivity index (χ4v) is 6.55. The van der Waals surface area contributed by atoms with Crippen LogP contribution in [0.2, 0.25) is 20.6 Å². The third-order valence-electron chi connectivity index (χ3n) is 8.43. The molecular formula is C35H26Cl4N8O4. The van der Waals surface area contributed by atoms with Crippen LogP contribution in [0, 0.1) is 22.7 Å². The fourth-order valence-electron chi connectivity index (χ4n) is 5.66. The summed E-state index contributed by atoms with van der Waals surface area (Å²) >= 11 is 23.5. The minimum Gasteiger partial charge on any atom is -0.323 e. The van der Waals surface area contributed by atoms with Crippen molar-refractivity contribution in [3.05, 3.63) is 116 Å². The highest BCUT2D eigenvalue weighted by Gasteiger charge is 2.53. The van der Waals surface area contributed by atoms with E-state index in [-0.39, 0.29) is 44.3 Å². The molecule has 2 aromatic heterocycles. The number of imide groups is 2. The summed E-state index contributed by atoms with van der Waals surface area (Å²) in [6.07, 6.45) is 0.592. The summed E-state index contributed by atoms with van der Waals surface area (Å²) in [6, 6.07) is 22.5. The van der Waals surface area contributed by atoms with Crippen LogP contribution >= 0.6 is 46.4 Å². The maximum atomic E-state index is 13.1. The molecule has 0 aliphatic carbocycles. The molecule has 0 radical (unpaired) electrons. The molecule has 0 saturated carbocycles. The molecule has 0 bridgehead atoms. The molecule has 2 fully saturated rings. The average molecular weight is 764 g/mol. The minimum atomic E-state index is -1.12. The molecule has 4 aromatic rings. The van der Waals surface area contributed by atoms with Gasteiger partial charge in [-0.15, -0.1) is 0 Å². The summed E-state index contributed by atoms with van der Waals surface area (Å²) in [4.78, 5) is 62.2. The van der Waals surface area contributed by atoms with Crippen molar-refractivity contribution in [3.63, 3.8) is 0 Å². The number of halogens is 4. The fraction of sp³-hybridized carbons (Fsp3) is 0.200. The molecule has 6 rings (SSSR count). The number of nitrogens with zero attached hydrogens (tertiary/aromatic N) is 7. The summed E-state index contributed by atoms with van der Waals surface area (Å²) in [5.41, 5.74) is 1.06. The highest BCUT2D eigenvalue weighted by Crippen LogP contribution is 2.35. The van der Waals surface area contributed by atoms with Crippen LogP contribution in [-0.2, 0) is 22.4 Å². The highest BCUT2D eigenvalue weighted by molar-refractivity contribution is 6.34. The van der Waals surface area contributed by atoms with E-state index in [1.807, 2.05) is 6.07 Å². The molecular weight excluding hydrogens is 738 g/mol. The first kappa shape index (κ1) is 37.0. The topological polar surface area (TPSA) is 163 Å². The van der Waals surface area contributed by atoms with E-state index in [9.17, 15) is 19.2 Å². The second kappa shape index (κ2) is 14.5. The van der Waals surface area contributed by atoms with Crippen LogP contribution in [0.15, 0.2) is 72.8 Å². The number of hydrogen-bond acceptors (Lipinski definition) is 8. The second-order valence-electron chi connectivity index (χ2n) is 12.1. The Hall–Kier alpha value is -5.24. The number of rotatable bonds is 6. The van der Waals surface area contributed by atoms with Gasteiger partial charge in [-0.3, -0.25) is 9.59 Å². The van der Waals surface area contributed by atoms with Gasteiger partial charge in [-0.1, -0.05) is 70.7 Å². The van der Waals surface area contributed by atoms with Crippen LogP contribution in [0.1, 0.15) is 36.1 Å². The van der Waals surface area contributed by atoms with Gasteiger partial charge in [-0.2, -0.15) is 10.5 Å². The number of amides is 6. The van der Waals surface area contributed by atoms with Gasteiger partial charge in [0.15, 0.2) is 0 Å². The van der Waals surface area contributed by atoms with Crippen molar-refractivity contribution in [2.45, 2.75) is 37.8 Å². The van der Waals surface area contributed by atoms with Gasteiger partial charge in [-0.05, 0) is 73.5 Å². The van der Waals surface area contributed by atoms with E-state index in [2.05, 4.69) is 21.4 Å². The van der Waals surface area contributed by atoms with Crippen LogP contribution in [0.5, 0.6) is 0 Å². The number of benzene rings is 2. The molecule has 258 valence electrons. The number of nitrogens with one attached hydrogen (secondary N) is 1. The molecule has 4 heterocycles. The van der Waals surface area contributed by atoms with Gasteiger partial charge in [-0.25, -0.2) is 29.4 Å². The number of aromatic nitrogens is 2. The van der Waals surface area contributed by atoms with Crippen molar-refractivity contribution in [1.29, 1.82) is 10.5 Å². The van der Waals surface area contributed by atoms with Crippen LogP contribution in [0.4, 0.5) is 21.0 Å². The highest BCUT2D eigenvalue weighted by atomic mass is 35.5. The number of urea groups is 2. The number of anilines is 2. The molecule has 1 N–H and O–H groups in total. The smallest absolute Gasteiger partial charge is 0.323 e. The third-order valence-corrected chi connectivity index (χ3v) is 9.20. The van der Waals surface area contributed by atoms with Gasteiger partial charge in [0.2, 0.25) is 0 Å². The van der Waals surface area contributed by atoms with Gasteiger partial charge < -0.3 is 10.2 Å². The predicted molar refractivity (Wildman–Crippen MR) is 192 cm³/mol. The zero-order valence-corrected chi connectivity index (χ0v) is 30.1. The Bertz CT molecular complexity index is 2110. The normalized spacial score (nSPS) is 19.7. The zero-order chi connectivity index (χ0) is 37.2. The van der Waals surface area contributed by atoms with Crippen molar-refractivity contribution >= 4 is 81.7 Å². The maximum Gasteiger partial charge on any atom is 0.332 e. The summed E-state index contributed by atoms with van der Waals surface area (Å²) in [7, 11) is 1.58. The van der Waals surface area contributed by atoms with Crippen LogP contribution in [0.3, 0.4) is 0 Å². The Balaban J connectivity index is 0.000000198. The molecule has 0 unspecified atom stereocenters. The minimum absolute atomic E-state index is 0.0868. The van der Waals surface area contributed by atoms with Gasteiger partial charge >= 0.3 is 12.1 Å². The maximum absolute atomic E-state index is 13.1. The number of likely N-dealkylation sites (N-methyl/N-ethyl adjacent to an activating group) is 1. The van der Waals surface area contributed by atoms with E-state index in [0.29, 0.717) is 17.5 Å². The van der Waals surface area contributed by atoms with Gasteiger partial charge in [0.1, 0.15) is 31.7 Å². The zero-order valence-electron chi connectivity index (χ0n) is 27.1. The lowest BCUT2D eigenvalue weighted by atomic mass is 9.91. The molecule has 0 spiro atoms. The number of nitriles is 2. The van der Waals surface area contributed by atoms with Crippen molar-refractivity contribution in [3.8, 4) is 12.1 Å². The van der Waals surface area contributed by atoms with Crippen molar-refractivity contribution < 1.29 is 19.2 Å². The monoisotopic (exact) mass is 762 g/mol. The SMILES string of the molecule is CN1C(=O)N(c2cc(Cl)nc(Cl)c2)C(=O)[C@@]1(C)Cc1ccc(C#N)cc1.C[C@]1(Cc2ccc(C#N)cc2)NC(=O)N(c2cc(Cl)nc(Cl)c2)C1=O. The van der Waals surface area contributed by atoms with E-state index < -0.39 is 29.0 Å². The Morgan fingerprint density at radius 2 is 1.08 bits per heavy atom. The van der Waals surface area contributed by atoms with Crippen LogP contribution in [0.25, 0.3) is 0 Å². The van der Waals surface area contributed by atoms with E-state index in [4.69, 9.17) is 56.9 Å². The number of pyridine rings is 2. The Morgan fingerprint density at radius 1 is 0.667 bits per heavy atom. The Morgan fingerprint density at radius 3 is 1.51 bits per heavy atom. The van der Waals surface area contributed by atoms with Gasteiger partial charge in [0.05, 0.1) is 34.6 Å².